The van der Waals surface area contributed by atoms with Crippen molar-refractivity contribution in [2.45, 2.75) is 19.0 Å². The smallest absolute Gasteiger partial charge is 0.124 e. The van der Waals surface area contributed by atoms with Gasteiger partial charge < -0.3 is 19.9 Å². The van der Waals surface area contributed by atoms with Crippen LogP contribution < -0.4 is 14.8 Å². The fourth-order valence-electron chi connectivity index (χ4n) is 2.62. The zero-order chi connectivity index (χ0) is 14.7. The van der Waals surface area contributed by atoms with E-state index in [9.17, 15) is 5.11 Å². The highest BCUT2D eigenvalue weighted by Gasteiger charge is 2.20. The summed E-state index contributed by atoms with van der Waals surface area (Å²) in [6.45, 7) is 1.29. The molecule has 1 aliphatic rings. The van der Waals surface area contributed by atoms with Gasteiger partial charge >= 0.3 is 0 Å². The van der Waals surface area contributed by atoms with Gasteiger partial charge in [0.2, 0.25) is 0 Å². The van der Waals surface area contributed by atoms with Gasteiger partial charge in [-0.25, -0.2) is 0 Å². The van der Waals surface area contributed by atoms with E-state index in [4.69, 9.17) is 9.47 Å². The van der Waals surface area contributed by atoms with E-state index in [-0.39, 0.29) is 11.8 Å². The fourth-order valence-corrected chi connectivity index (χ4v) is 2.62. The van der Waals surface area contributed by atoms with Crippen molar-refractivity contribution in [3.8, 4) is 17.2 Å². The van der Waals surface area contributed by atoms with Crippen molar-refractivity contribution in [1.29, 1.82) is 0 Å². The van der Waals surface area contributed by atoms with Crippen LogP contribution in [0.3, 0.4) is 0 Å². The van der Waals surface area contributed by atoms with E-state index in [0.29, 0.717) is 13.2 Å². The number of para-hydroxylation sites is 1. The normalized spacial score (nSPS) is 16.9. The van der Waals surface area contributed by atoms with Gasteiger partial charge in [0.25, 0.3) is 0 Å². The third-order valence-electron chi connectivity index (χ3n) is 3.78. The number of aromatic hydroxyl groups is 1. The molecule has 2 aromatic carbocycles. The molecule has 0 amide bonds. The lowest BCUT2D eigenvalue weighted by atomic mass is 10.0. The Morgan fingerprint density at radius 1 is 1.29 bits per heavy atom. The van der Waals surface area contributed by atoms with Crippen molar-refractivity contribution in [3.05, 3.63) is 53.6 Å². The maximum Gasteiger partial charge on any atom is 0.124 e. The van der Waals surface area contributed by atoms with Crippen LogP contribution in [-0.2, 0) is 6.54 Å². The molecule has 1 heterocycles. The van der Waals surface area contributed by atoms with Crippen LogP contribution in [0, 0.1) is 0 Å². The quantitative estimate of drug-likeness (QED) is 0.906. The first-order chi connectivity index (χ1) is 10.3. The molecular weight excluding hydrogens is 266 g/mol. The molecule has 0 aliphatic carbocycles. The van der Waals surface area contributed by atoms with Gasteiger partial charge in [-0.2, -0.15) is 0 Å². The maximum atomic E-state index is 9.93. The molecule has 2 N–H and O–H groups in total. The van der Waals surface area contributed by atoms with Gasteiger partial charge in [-0.1, -0.05) is 18.2 Å². The summed E-state index contributed by atoms with van der Waals surface area (Å²) in [5.74, 6) is 1.97. The first-order valence-corrected chi connectivity index (χ1v) is 7.09. The first kappa shape index (κ1) is 13.8. The van der Waals surface area contributed by atoms with E-state index in [0.717, 1.165) is 23.5 Å². The van der Waals surface area contributed by atoms with Crippen molar-refractivity contribution < 1.29 is 14.6 Å². The Balaban J connectivity index is 1.74. The van der Waals surface area contributed by atoms with Crippen molar-refractivity contribution in [2.75, 3.05) is 13.7 Å². The molecule has 110 valence electrons. The minimum atomic E-state index is 0.237. The number of ether oxygens (including phenoxy) is 2. The van der Waals surface area contributed by atoms with E-state index in [1.54, 1.807) is 19.2 Å². The Hall–Kier alpha value is -2.20. The summed E-state index contributed by atoms with van der Waals surface area (Å²) in [6, 6.07) is 13.6. The lowest BCUT2D eigenvalue weighted by molar-refractivity contribution is 0.252. The van der Waals surface area contributed by atoms with Crippen molar-refractivity contribution in [1.82, 2.24) is 5.32 Å². The van der Waals surface area contributed by atoms with Gasteiger partial charge in [0.05, 0.1) is 13.7 Å². The number of fused-ring (bicyclic) bond motifs is 1. The topological polar surface area (TPSA) is 50.7 Å². The number of rotatable bonds is 4. The highest BCUT2D eigenvalue weighted by atomic mass is 16.5. The Morgan fingerprint density at radius 2 is 2.14 bits per heavy atom. The van der Waals surface area contributed by atoms with Crippen LogP contribution in [0.25, 0.3) is 0 Å². The SMILES string of the molecule is COc1ccc(O)c(CNC2CCOc3ccccc32)c1. The summed E-state index contributed by atoms with van der Waals surface area (Å²) in [6.07, 6.45) is 0.918. The summed E-state index contributed by atoms with van der Waals surface area (Å²) >= 11 is 0. The number of benzene rings is 2. The average molecular weight is 285 g/mol. The predicted molar refractivity (Wildman–Crippen MR) is 80.8 cm³/mol. The van der Waals surface area contributed by atoms with Crippen molar-refractivity contribution in [3.63, 3.8) is 0 Å². The lowest BCUT2D eigenvalue weighted by Gasteiger charge is -2.27. The second-order valence-electron chi connectivity index (χ2n) is 5.10. The molecule has 0 saturated carbocycles. The third kappa shape index (κ3) is 2.95. The molecule has 0 saturated heterocycles. The van der Waals surface area contributed by atoms with Crippen molar-refractivity contribution >= 4 is 0 Å². The number of nitrogens with one attached hydrogen (secondary N) is 1. The molecule has 0 bridgehead atoms. The zero-order valence-corrected chi connectivity index (χ0v) is 12.0. The molecule has 0 fully saturated rings. The van der Waals surface area contributed by atoms with E-state index in [1.807, 2.05) is 24.3 Å². The molecule has 21 heavy (non-hydrogen) atoms. The van der Waals surface area contributed by atoms with E-state index in [1.165, 1.54) is 5.56 Å². The van der Waals surface area contributed by atoms with Crippen LogP contribution >= 0.6 is 0 Å². The third-order valence-corrected chi connectivity index (χ3v) is 3.78. The van der Waals surface area contributed by atoms with Crippen LogP contribution in [0.2, 0.25) is 0 Å². The summed E-state index contributed by atoms with van der Waals surface area (Å²) in [7, 11) is 1.62. The standard InChI is InChI=1S/C17H19NO3/c1-20-13-6-7-16(19)12(10-13)11-18-15-8-9-21-17-5-3-2-4-14(15)17/h2-7,10,15,18-19H,8-9,11H2,1H3. The van der Waals surface area contributed by atoms with Crippen LogP contribution in [0.4, 0.5) is 0 Å². The monoisotopic (exact) mass is 285 g/mol. The molecule has 1 atom stereocenters. The first-order valence-electron chi connectivity index (χ1n) is 7.09. The van der Waals surface area contributed by atoms with E-state index < -0.39 is 0 Å². The Labute approximate surface area is 124 Å². The van der Waals surface area contributed by atoms with Gasteiger partial charge in [0.15, 0.2) is 0 Å². The highest BCUT2D eigenvalue weighted by molar-refractivity contribution is 5.40. The zero-order valence-electron chi connectivity index (χ0n) is 12.0. The molecular formula is C17H19NO3. The highest BCUT2D eigenvalue weighted by Crippen LogP contribution is 2.32. The summed E-state index contributed by atoms with van der Waals surface area (Å²) < 4.78 is 10.9. The maximum absolute atomic E-state index is 9.93. The summed E-state index contributed by atoms with van der Waals surface area (Å²) in [5.41, 5.74) is 2.00. The fraction of sp³-hybridized carbons (Fsp3) is 0.294. The molecule has 4 heteroatoms. The number of hydrogen-bond acceptors (Lipinski definition) is 4. The average Bonchev–Trinajstić information content (AvgIpc) is 2.54. The second-order valence-corrected chi connectivity index (χ2v) is 5.10. The number of hydrogen-bond donors (Lipinski definition) is 2. The molecule has 0 radical (unpaired) electrons. The predicted octanol–water partition coefficient (Wildman–Crippen LogP) is 3.01. The van der Waals surface area contributed by atoms with Crippen LogP contribution in [-0.4, -0.2) is 18.8 Å². The molecule has 4 nitrogen and oxygen atoms in total. The van der Waals surface area contributed by atoms with Crippen LogP contribution in [0.1, 0.15) is 23.6 Å². The van der Waals surface area contributed by atoms with Crippen molar-refractivity contribution in [2.24, 2.45) is 0 Å². The number of methoxy groups -OCH3 is 1. The van der Waals surface area contributed by atoms with Crippen LogP contribution in [0.5, 0.6) is 17.2 Å². The summed E-state index contributed by atoms with van der Waals surface area (Å²) in [4.78, 5) is 0. The van der Waals surface area contributed by atoms with Gasteiger partial charge in [0, 0.05) is 30.1 Å². The van der Waals surface area contributed by atoms with Crippen LogP contribution in [0.15, 0.2) is 42.5 Å². The van der Waals surface area contributed by atoms with Gasteiger partial charge in [-0.05, 0) is 24.3 Å². The minimum absolute atomic E-state index is 0.237. The summed E-state index contributed by atoms with van der Waals surface area (Å²) in [5, 5.41) is 13.4. The van der Waals surface area contributed by atoms with Gasteiger partial charge in [-0.15, -0.1) is 0 Å². The molecule has 1 aliphatic heterocycles. The number of phenols is 1. The molecule has 0 aromatic heterocycles. The minimum Gasteiger partial charge on any atom is -0.508 e. The molecule has 2 aromatic rings. The number of phenolic OH excluding ortho intramolecular Hbond substituents is 1. The Kier molecular flexibility index (Phi) is 3.97. The Bertz CT molecular complexity index is 627. The lowest BCUT2D eigenvalue weighted by Crippen LogP contribution is -2.26. The van der Waals surface area contributed by atoms with Gasteiger partial charge in [-0.3, -0.25) is 0 Å². The largest absolute Gasteiger partial charge is 0.508 e. The second kappa shape index (κ2) is 6.06. The molecule has 3 rings (SSSR count). The molecule has 0 spiro atoms. The van der Waals surface area contributed by atoms with E-state index in [2.05, 4.69) is 11.4 Å². The molecule has 1 unspecified atom stereocenters. The Morgan fingerprint density at radius 3 is 3.00 bits per heavy atom. The van der Waals surface area contributed by atoms with E-state index >= 15 is 0 Å². The van der Waals surface area contributed by atoms with Gasteiger partial charge in [0.1, 0.15) is 17.2 Å².